The minimum Gasteiger partial charge on any atom is -0.364 e. The molecule has 140 valence electrons. The van der Waals surface area contributed by atoms with Gasteiger partial charge in [0.05, 0.1) is 4.99 Å². The Morgan fingerprint density at radius 1 is 0.889 bits per heavy atom. The van der Waals surface area contributed by atoms with E-state index in [-0.39, 0.29) is 0 Å². The van der Waals surface area contributed by atoms with E-state index in [1.807, 2.05) is 61.5 Å². The summed E-state index contributed by atoms with van der Waals surface area (Å²) >= 11 is 12.7. The van der Waals surface area contributed by atoms with Crippen LogP contribution < -0.4 is 16.2 Å². The van der Waals surface area contributed by atoms with Gasteiger partial charge in [0, 0.05) is 21.7 Å². The minimum absolute atomic E-state index is 0.419. The topological polar surface area (TPSA) is 60.8 Å². The summed E-state index contributed by atoms with van der Waals surface area (Å²) in [6.07, 6.45) is 0.707. The second-order valence-electron chi connectivity index (χ2n) is 5.37. The fraction of sp³-hybridized carbons (Fsp3) is 0.158. The van der Waals surface area contributed by atoms with Gasteiger partial charge in [-0.05, 0) is 53.4 Å². The molecule has 2 aromatic rings. The van der Waals surface area contributed by atoms with Gasteiger partial charge in [0.15, 0.2) is 5.11 Å². The van der Waals surface area contributed by atoms with Crippen molar-refractivity contribution in [2.45, 2.75) is 13.3 Å². The average molecular weight is 509 g/mol. The van der Waals surface area contributed by atoms with Crippen LogP contribution in [-0.2, 0) is 0 Å². The third-order valence-corrected chi connectivity index (χ3v) is 4.89. The van der Waals surface area contributed by atoms with Crippen molar-refractivity contribution in [3.63, 3.8) is 0 Å². The van der Waals surface area contributed by atoms with Crippen LogP contribution in [0.25, 0.3) is 0 Å². The molecule has 0 aliphatic rings. The first-order valence-electron chi connectivity index (χ1n) is 8.28. The molecular formula is C19H20IN5S2. The van der Waals surface area contributed by atoms with E-state index in [9.17, 15) is 0 Å². The number of hydrazone groups is 2. The maximum absolute atomic E-state index is 5.26. The number of rotatable bonds is 6. The molecule has 0 aliphatic heterocycles. The van der Waals surface area contributed by atoms with Crippen LogP contribution in [-0.4, -0.2) is 28.6 Å². The molecular weight excluding hydrogens is 489 g/mol. The van der Waals surface area contributed by atoms with Gasteiger partial charge >= 0.3 is 0 Å². The van der Waals surface area contributed by atoms with Crippen molar-refractivity contribution in [1.29, 1.82) is 0 Å². The fourth-order valence-electron chi connectivity index (χ4n) is 2.07. The molecule has 0 radical (unpaired) electrons. The highest BCUT2D eigenvalue weighted by Gasteiger charge is 2.16. The second-order valence-corrected chi connectivity index (χ2v) is 7.52. The van der Waals surface area contributed by atoms with Gasteiger partial charge in [0.2, 0.25) is 0 Å². The first kappa shape index (κ1) is 21.4. The number of hydrogen-bond donors (Lipinski definition) is 3. The molecule has 5 nitrogen and oxygen atoms in total. The average Bonchev–Trinajstić information content (AvgIpc) is 2.71. The van der Waals surface area contributed by atoms with E-state index in [0.717, 1.165) is 14.7 Å². The quantitative estimate of drug-likeness (QED) is 0.239. The largest absolute Gasteiger partial charge is 0.364 e. The summed E-state index contributed by atoms with van der Waals surface area (Å²) in [5.74, 6) is 0. The minimum atomic E-state index is 0.419. The van der Waals surface area contributed by atoms with Crippen molar-refractivity contribution < 1.29 is 0 Å². The van der Waals surface area contributed by atoms with Gasteiger partial charge in [-0.1, -0.05) is 61.6 Å². The summed E-state index contributed by atoms with van der Waals surface area (Å²) in [6.45, 7) is 1.98. The Hall–Kier alpha value is -1.91. The lowest BCUT2D eigenvalue weighted by atomic mass is 10.00. The number of halogens is 1. The van der Waals surface area contributed by atoms with Gasteiger partial charge in [-0.25, -0.2) is 0 Å². The molecule has 0 spiro atoms. The molecule has 27 heavy (non-hydrogen) atoms. The summed E-state index contributed by atoms with van der Waals surface area (Å²) in [6, 6.07) is 17.9. The van der Waals surface area contributed by atoms with E-state index in [2.05, 4.69) is 49.0 Å². The van der Waals surface area contributed by atoms with Crippen LogP contribution in [0.15, 0.2) is 64.8 Å². The number of thiocarbonyl (C=S) groups is 2. The van der Waals surface area contributed by atoms with Crippen molar-refractivity contribution in [2.24, 2.45) is 10.2 Å². The van der Waals surface area contributed by atoms with Gasteiger partial charge in [-0.3, -0.25) is 10.9 Å². The fourth-order valence-corrected chi connectivity index (χ4v) is 2.52. The number of nitrogens with zero attached hydrogens (tertiary/aromatic N) is 2. The molecule has 0 amide bonds. The van der Waals surface area contributed by atoms with Crippen LogP contribution in [0.1, 0.15) is 24.5 Å². The zero-order valence-electron chi connectivity index (χ0n) is 15.0. The molecule has 0 saturated carbocycles. The highest BCUT2D eigenvalue weighted by molar-refractivity contribution is 14.1. The van der Waals surface area contributed by atoms with Crippen LogP contribution in [0.4, 0.5) is 0 Å². The molecule has 0 aliphatic carbocycles. The number of nitrogens with one attached hydrogen (secondary N) is 3. The third-order valence-electron chi connectivity index (χ3n) is 3.50. The molecule has 0 unspecified atom stereocenters. The summed E-state index contributed by atoms with van der Waals surface area (Å²) in [4.78, 5) is 0.657. The summed E-state index contributed by atoms with van der Waals surface area (Å²) in [7, 11) is 1.74. The highest BCUT2D eigenvalue weighted by atomic mass is 127. The van der Waals surface area contributed by atoms with Gasteiger partial charge in [0.25, 0.3) is 0 Å². The normalized spacial score (nSPS) is 11.7. The van der Waals surface area contributed by atoms with Crippen molar-refractivity contribution in [2.75, 3.05) is 7.05 Å². The molecule has 0 saturated heterocycles. The first-order chi connectivity index (χ1) is 13.0. The van der Waals surface area contributed by atoms with E-state index in [0.29, 0.717) is 27.9 Å². The monoisotopic (exact) mass is 509 g/mol. The lowest BCUT2D eigenvalue weighted by molar-refractivity contribution is 0.974. The maximum atomic E-state index is 5.26. The standard InChI is InChI=1S/C19H20IN5S2/c1-3-16(26)22-23-17(13-7-5-4-6-8-13)18(24-25-19(27)21-2)14-9-11-15(20)12-10-14/h4-12H,3H2,1-2H3,(H,22,26)(H2,21,25,27). The lowest BCUT2D eigenvalue weighted by Crippen LogP contribution is -2.32. The molecule has 0 atom stereocenters. The zero-order chi connectivity index (χ0) is 19.6. The first-order valence-corrected chi connectivity index (χ1v) is 10.2. The van der Waals surface area contributed by atoms with Crippen molar-refractivity contribution >= 4 is 68.6 Å². The van der Waals surface area contributed by atoms with E-state index < -0.39 is 0 Å². The molecule has 0 aromatic heterocycles. The molecule has 0 fully saturated rings. The summed E-state index contributed by atoms with van der Waals surface area (Å²) < 4.78 is 1.14. The SMILES string of the molecule is CCC(=S)NN=C(C(=NNC(=S)NC)c1ccc(I)cc1)c1ccccc1. The Balaban J connectivity index is 2.56. The summed E-state index contributed by atoms with van der Waals surface area (Å²) in [5.41, 5.74) is 8.96. The molecule has 2 rings (SSSR count). The lowest BCUT2D eigenvalue weighted by Gasteiger charge is -2.13. The molecule has 2 aromatic carbocycles. The van der Waals surface area contributed by atoms with E-state index in [1.54, 1.807) is 7.05 Å². The van der Waals surface area contributed by atoms with Crippen LogP contribution in [0, 0.1) is 3.57 Å². The maximum Gasteiger partial charge on any atom is 0.186 e. The molecule has 0 heterocycles. The Kier molecular flexibility index (Phi) is 8.76. The molecule has 3 N–H and O–H groups in total. The Morgan fingerprint density at radius 2 is 1.44 bits per heavy atom. The van der Waals surface area contributed by atoms with Crippen molar-refractivity contribution in [3.05, 3.63) is 69.3 Å². The van der Waals surface area contributed by atoms with Crippen LogP contribution in [0.2, 0.25) is 0 Å². The van der Waals surface area contributed by atoms with Gasteiger partial charge in [-0.2, -0.15) is 10.2 Å². The molecule has 8 heteroatoms. The smallest absolute Gasteiger partial charge is 0.186 e. The van der Waals surface area contributed by atoms with Gasteiger partial charge < -0.3 is 5.32 Å². The van der Waals surface area contributed by atoms with Gasteiger partial charge in [0.1, 0.15) is 11.4 Å². The Labute approximate surface area is 183 Å². The van der Waals surface area contributed by atoms with Crippen LogP contribution in [0.3, 0.4) is 0 Å². The van der Waals surface area contributed by atoms with Gasteiger partial charge in [-0.15, -0.1) is 0 Å². The van der Waals surface area contributed by atoms with Crippen LogP contribution >= 0.6 is 47.0 Å². The zero-order valence-corrected chi connectivity index (χ0v) is 18.8. The predicted molar refractivity (Wildman–Crippen MR) is 129 cm³/mol. The van der Waals surface area contributed by atoms with E-state index in [4.69, 9.17) is 24.4 Å². The van der Waals surface area contributed by atoms with E-state index in [1.165, 1.54) is 0 Å². The molecule has 0 bridgehead atoms. The predicted octanol–water partition coefficient (Wildman–Crippen LogP) is 3.82. The Morgan fingerprint density at radius 3 is 2.00 bits per heavy atom. The Bertz CT molecular complexity index is 848. The van der Waals surface area contributed by atoms with Crippen molar-refractivity contribution in [3.8, 4) is 0 Å². The van der Waals surface area contributed by atoms with E-state index >= 15 is 0 Å². The van der Waals surface area contributed by atoms with Crippen molar-refractivity contribution in [1.82, 2.24) is 16.2 Å². The summed E-state index contributed by atoms with van der Waals surface area (Å²) in [5, 5.41) is 12.4. The number of hydrogen-bond acceptors (Lipinski definition) is 4. The highest BCUT2D eigenvalue weighted by Crippen LogP contribution is 2.13. The second kappa shape index (κ2) is 11.1. The third kappa shape index (κ3) is 6.64. The number of benzene rings is 2. The van der Waals surface area contributed by atoms with Crippen LogP contribution in [0.5, 0.6) is 0 Å².